The Kier molecular flexibility index (Phi) is 8.87. The molecule has 2 aromatic rings. The molecule has 2 rings (SSSR count). The summed E-state index contributed by atoms with van der Waals surface area (Å²) in [5.41, 5.74) is 2.69. The van der Waals surface area contributed by atoms with Crippen LogP contribution in [0.3, 0.4) is 0 Å². The van der Waals surface area contributed by atoms with Gasteiger partial charge in [0.2, 0.25) is 5.78 Å². The zero-order chi connectivity index (χ0) is 23.8. The van der Waals surface area contributed by atoms with E-state index in [9.17, 15) is 14.4 Å². The molecule has 0 fully saturated rings. The molecule has 0 saturated carbocycles. The highest BCUT2D eigenvalue weighted by Crippen LogP contribution is 2.22. The van der Waals surface area contributed by atoms with Gasteiger partial charge >= 0.3 is 5.97 Å². The molecule has 1 N–H and O–H groups in total. The quantitative estimate of drug-likeness (QED) is 0.422. The number of hydrogen-bond acceptors (Lipinski definition) is 6. The van der Waals surface area contributed by atoms with Crippen LogP contribution < -0.4 is 14.8 Å². The fraction of sp³-hybridized carbons (Fsp3) is 0.458. The fourth-order valence-corrected chi connectivity index (χ4v) is 3.28. The van der Waals surface area contributed by atoms with Crippen LogP contribution in [-0.2, 0) is 16.1 Å². The van der Waals surface area contributed by atoms with Crippen molar-refractivity contribution >= 4 is 17.7 Å². The van der Waals surface area contributed by atoms with Gasteiger partial charge in [0, 0.05) is 35.1 Å². The molecule has 0 aliphatic heterocycles. The maximum absolute atomic E-state index is 12.6. The number of nitrogens with zero attached hydrogens (tertiary/aromatic N) is 1. The molecule has 0 atom stereocenters. The highest BCUT2D eigenvalue weighted by molar-refractivity contribution is 6.00. The van der Waals surface area contributed by atoms with Crippen LogP contribution in [0, 0.1) is 19.8 Å². The molecule has 0 spiro atoms. The lowest BCUT2D eigenvalue weighted by molar-refractivity contribution is -0.141. The summed E-state index contributed by atoms with van der Waals surface area (Å²) >= 11 is 0. The molecule has 1 aromatic carbocycles. The Labute approximate surface area is 188 Å². The molecule has 1 aromatic heterocycles. The number of benzene rings is 1. The van der Waals surface area contributed by atoms with Gasteiger partial charge in [0.05, 0.1) is 14.2 Å². The molecular formula is C24H32N2O6. The van der Waals surface area contributed by atoms with Crippen LogP contribution in [0.5, 0.6) is 11.5 Å². The number of aryl methyl sites for hydroxylation is 1. The maximum atomic E-state index is 12.6. The Morgan fingerprint density at radius 2 is 1.62 bits per heavy atom. The molecule has 174 valence electrons. The number of carbonyl (C=O) groups excluding carboxylic acids is 3. The average Bonchev–Trinajstić information content (AvgIpc) is 3.06. The third kappa shape index (κ3) is 6.60. The van der Waals surface area contributed by atoms with E-state index < -0.39 is 11.9 Å². The second kappa shape index (κ2) is 11.4. The summed E-state index contributed by atoms with van der Waals surface area (Å²) in [5, 5.41) is 2.48. The molecule has 8 nitrogen and oxygen atoms in total. The zero-order valence-electron chi connectivity index (χ0n) is 19.6. The number of aromatic nitrogens is 1. The Balaban J connectivity index is 1.90. The van der Waals surface area contributed by atoms with Crippen molar-refractivity contribution in [2.24, 2.45) is 5.92 Å². The lowest BCUT2D eigenvalue weighted by Crippen LogP contribution is -2.31. The predicted octanol–water partition coefficient (Wildman–Crippen LogP) is 3.32. The van der Waals surface area contributed by atoms with Gasteiger partial charge in [0.25, 0.3) is 5.91 Å². The van der Waals surface area contributed by atoms with Crippen molar-refractivity contribution in [1.29, 1.82) is 0 Å². The summed E-state index contributed by atoms with van der Waals surface area (Å²) < 4.78 is 17.5. The third-order valence-corrected chi connectivity index (χ3v) is 5.18. The first kappa shape index (κ1) is 25.0. The number of Topliss-reactive ketones (excluding diaryl/α,β-unsaturated/α-hetero) is 1. The van der Waals surface area contributed by atoms with Crippen LogP contribution in [0.2, 0.25) is 0 Å². The number of nitrogens with one attached hydrogen (secondary N) is 1. The van der Waals surface area contributed by atoms with Gasteiger partial charge in [0.15, 0.2) is 6.61 Å². The van der Waals surface area contributed by atoms with E-state index in [1.807, 2.05) is 19.9 Å². The Hall–Kier alpha value is -3.29. The molecule has 32 heavy (non-hydrogen) atoms. The Morgan fingerprint density at radius 3 is 2.19 bits per heavy atom. The van der Waals surface area contributed by atoms with Gasteiger partial charge in [0.1, 0.15) is 18.0 Å². The van der Waals surface area contributed by atoms with Gasteiger partial charge in [-0.2, -0.15) is 0 Å². The molecule has 0 bridgehead atoms. The minimum Gasteiger partial charge on any atom is -0.497 e. The van der Waals surface area contributed by atoms with E-state index in [1.54, 1.807) is 6.07 Å². The van der Waals surface area contributed by atoms with Crippen molar-refractivity contribution in [3.8, 4) is 11.5 Å². The van der Waals surface area contributed by atoms with Gasteiger partial charge in [-0.15, -0.1) is 0 Å². The van der Waals surface area contributed by atoms with Crippen LogP contribution >= 0.6 is 0 Å². The third-order valence-electron chi connectivity index (χ3n) is 5.18. The number of ether oxygens (including phenoxy) is 3. The van der Waals surface area contributed by atoms with Gasteiger partial charge < -0.3 is 24.1 Å². The predicted molar refractivity (Wildman–Crippen MR) is 121 cm³/mol. The Bertz CT molecular complexity index is 955. The lowest BCUT2D eigenvalue weighted by Gasteiger charge is -2.11. The zero-order valence-corrected chi connectivity index (χ0v) is 19.6. The van der Waals surface area contributed by atoms with Crippen molar-refractivity contribution in [2.45, 2.75) is 40.7 Å². The minimum absolute atomic E-state index is 0.272. The number of rotatable bonds is 11. The van der Waals surface area contributed by atoms with Crippen LogP contribution in [0.25, 0.3) is 0 Å². The molecule has 0 radical (unpaired) electrons. The summed E-state index contributed by atoms with van der Waals surface area (Å²) in [4.78, 5) is 37.0. The second-order valence-electron chi connectivity index (χ2n) is 7.99. The van der Waals surface area contributed by atoms with Gasteiger partial charge in [-0.25, -0.2) is 0 Å². The number of esters is 1. The van der Waals surface area contributed by atoms with Gasteiger partial charge in [-0.05, 0) is 44.4 Å². The first-order valence-corrected chi connectivity index (χ1v) is 10.5. The van der Waals surface area contributed by atoms with E-state index in [-0.39, 0.29) is 24.5 Å². The topological polar surface area (TPSA) is 95.9 Å². The molecule has 0 saturated heterocycles. The summed E-state index contributed by atoms with van der Waals surface area (Å²) in [7, 11) is 2.96. The first-order chi connectivity index (χ1) is 15.2. The van der Waals surface area contributed by atoms with E-state index in [4.69, 9.17) is 14.2 Å². The molecule has 0 aliphatic rings. The number of methoxy groups -OCH3 is 2. The molecule has 0 aliphatic carbocycles. The van der Waals surface area contributed by atoms with Crippen LogP contribution in [0.15, 0.2) is 24.3 Å². The van der Waals surface area contributed by atoms with E-state index >= 15 is 0 Å². The first-order valence-electron chi connectivity index (χ1n) is 10.5. The summed E-state index contributed by atoms with van der Waals surface area (Å²) in [6.07, 6.45) is 1.01. The molecule has 8 heteroatoms. The number of amides is 1. The molecule has 1 amide bonds. The van der Waals surface area contributed by atoms with Crippen LogP contribution in [0.4, 0.5) is 0 Å². The fourth-order valence-electron chi connectivity index (χ4n) is 3.28. The molecule has 0 unspecified atom stereocenters. The van der Waals surface area contributed by atoms with E-state index in [0.717, 1.165) is 24.4 Å². The highest BCUT2D eigenvalue weighted by Gasteiger charge is 2.18. The van der Waals surface area contributed by atoms with E-state index in [1.165, 1.54) is 26.4 Å². The summed E-state index contributed by atoms with van der Waals surface area (Å²) in [5.74, 6) is 0.00682. The number of carbonyl (C=O) groups is 3. The van der Waals surface area contributed by atoms with Gasteiger partial charge in [-0.1, -0.05) is 13.8 Å². The lowest BCUT2D eigenvalue weighted by atomic mass is 10.1. The van der Waals surface area contributed by atoms with Crippen molar-refractivity contribution in [1.82, 2.24) is 9.88 Å². The van der Waals surface area contributed by atoms with Crippen molar-refractivity contribution in [3.05, 3.63) is 46.8 Å². The monoisotopic (exact) mass is 444 g/mol. The largest absolute Gasteiger partial charge is 0.497 e. The van der Waals surface area contributed by atoms with Gasteiger partial charge in [-0.3, -0.25) is 14.4 Å². The van der Waals surface area contributed by atoms with Crippen molar-refractivity contribution in [3.63, 3.8) is 0 Å². The smallest absolute Gasteiger partial charge is 0.325 e. The second-order valence-corrected chi connectivity index (χ2v) is 7.99. The number of hydrogen-bond donors (Lipinski definition) is 1. The van der Waals surface area contributed by atoms with E-state index in [2.05, 4.69) is 23.7 Å². The maximum Gasteiger partial charge on any atom is 0.325 e. The average molecular weight is 445 g/mol. The highest BCUT2D eigenvalue weighted by atomic mass is 16.5. The SMILES string of the molecule is COc1cc(OC)cc(C(=O)NCC(=O)OCC(=O)c2cc(C)n(CCC(C)C)c2C)c1. The van der Waals surface area contributed by atoms with Crippen LogP contribution in [-0.4, -0.2) is 49.6 Å². The molecular weight excluding hydrogens is 412 g/mol. The standard InChI is InChI=1S/C24H32N2O6/c1-15(2)7-8-26-16(3)9-21(17(26)4)22(27)14-32-23(28)13-25-24(29)18-10-19(30-5)12-20(11-18)31-6/h9-12,15H,7-8,13-14H2,1-6H3,(H,25,29). The number of ketones is 1. The van der Waals surface area contributed by atoms with E-state index in [0.29, 0.717) is 23.0 Å². The van der Waals surface area contributed by atoms with Crippen molar-refractivity contribution < 1.29 is 28.6 Å². The minimum atomic E-state index is -0.699. The van der Waals surface area contributed by atoms with Crippen LogP contribution in [0.1, 0.15) is 52.4 Å². The normalized spacial score (nSPS) is 10.7. The van der Waals surface area contributed by atoms with Crippen molar-refractivity contribution in [2.75, 3.05) is 27.4 Å². The molecule has 1 heterocycles. The summed E-state index contributed by atoms with van der Waals surface area (Å²) in [6, 6.07) is 6.52. The Morgan fingerprint density at radius 1 is 1.00 bits per heavy atom. The summed E-state index contributed by atoms with van der Waals surface area (Å²) in [6.45, 7) is 8.26.